The van der Waals surface area contributed by atoms with Gasteiger partial charge in [-0.3, -0.25) is 4.79 Å². The van der Waals surface area contributed by atoms with Crippen LogP contribution in [0.15, 0.2) is 60.8 Å². The molecule has 0 bridgehead atoms. The largest absolute Gasteiger partial charge is 0.382 e. The zero-order chi connectivity index (χ0) is 20.0. The first-order valence-electron chi connectivity index (χ1n) is 9.84. The number of aromatic nitrogens is 2. The fraction of sp³-hybridized carbons (Fsp3) is 0.217. The van der Waals surface area contributed by atoms with E-state index in [1.54, 1.807) is 12.1 Å². The van der Waals surface area contributed by atoms with Gasteiger partial charge in [-0.05, 0) is 67.3 Å². The van der Waals surface area contributed by atoms with Crippen molar-refractivity contribution in [3.8, 4) is 0 Å². The molecule has 29 heavy (non-hydrogen) atoms. The van der Waals surface area contributed by atoms with E-state index in [1.165, 1.54) is 12.1 Å². The maximum Gasteiger partial charge on any atom is 0.254 e. The van der Waals surface area contributed by atoms with Gasteiger partial charge < -0.3 is 15.0 Å². The minimum Gasteiger partial charge on any atom is -0.382 e. The number of amides is 1. The van der Waals surface area contributed by atoms with Crippen molar-refractivity contribution >= 4 is 28.3 Å². The van der Waals surface area contributed by atoms with Gasteiger partial charge in [0.15, 0.2) is 0 Å². The van der Waals surface area contributed by atoms with Crippen molar-refractivity contribution < 1.29 is 9.18 Å². The Kier molecular flexibility index (Phi) is 4.19. The molecular formula is C23H21FN4O. The van der Waals surface area contributed by atoms with Gasteiger partial charge in [0, 0.05) is 18.3 Å². The summed E-state index contributed by atoms with van der Waals surface area (Å²) < 4.78 is 15.3. The number of hydrogen-bond donors (Lipinski definition) is 1. The van der Waals surface area contributed by atoms with Crippen LogP contribution >= 0.6 is 0 Å². The molecule has 2 N–H and O–H groups in total. The molecule has 5 nitrogen and oxygen atoms in total. The number of halogens is 1. The van der Waals surface area contributed by atoms with Crippen LogP contribution in [0, 0.1) is 5.82 Å². The zero-order valence-corrected chi connectivity index (χ0v) is 15.9. The number of nitrogens with two attached hydrogens (primary N) is 1. The van der Waals surface area contributed by atoms with E-state index in [1.807, 2.05) is 45.8 Å². The summed E-state index contributed by atoms with van der Waals surface area (Å²) in [5.74, 6) is 0.187. The molecule has 6 heteroatoms. The van der Waals surface area contributed by atoms with Gasteiger partial charge in [-0.15, -0.1) is 0 Å². The zero-order valence-electron chi connectivity index (χ0n) is 15.9. The standard InChI is InChI=1S/C23H21FN4O/c24-17-9-6-15(7-10-17)19-4-1-2-12-28(19)23(29)16-8-11-18-21(14-16)27-13-3-5-20(27)22(25)26-18/h3,5-11,13-14,19H,1-2,4,12H2,(H2,25,26). The highest BCUT2D eigenvalue weighted by Crippen LogP contribution is 2.33. The summed E-state index contributed by atoms with van der Waals surface area (Å²) in [4.78, 5) is 19.8. The molecule has 0 saturated carbocycles. The Hall–Kier alpha value is -3.41. The molecule has 1 unspecified atom stereocenters. The molecule has 0 radical (unpaired) electrons. The third-order valence-corrected chi connectivity index (χ3v) is 5.75. The normalized spacial score (nSPS) is 17.1. The number of anilines is 1. The number of likely N-dealkylation sites (tertiary alicyclic amines) is 1. The summed E-state index contributed by atoms with van der Waals surface area (Å²) in [5, 5.41) is 0. The molecule has 0 spiro atoms. The summed E-state index contributed by atoms with van der Waals surface area (Å²) in [6, 6.07) is 15.8. The SMILES string of the molecule is Nc1nc2ccc(C(=O)N3CCCCC3c3ccc(F)cc3)cc2n2cccc12. The molecule has 5 rings (SSSR count). The molecule has 146 valence electrons. The molecule has 1 amide bonds. The first-order chi connectivity index (χ1) is 14.1. The lowest BCUT2D eigenvalue weighted by Gasteiger charge is -2.36. The minimum atomic E-state index is -0.264. The van der Waals surface area contributed by atoms with Crippen LogP contribution in [0.5, 0.6) is 0 Å². The highest BCUT2D eigenvalue weighted by molar-refractivity contribution is 5.98. The number of hydrogen-bond acceptors (Lipinski definition) is 3. The fourth-order valence-corrected chi connectivity index (χ4v) is 4.30. The predicted molar refractivity (Wildman–Crippen MR) is 111 cm³/mol. The van der Waals surface area contributed by atoms with E-state index in [9.17, 15) is 9.18 Å². The van der Waals surface area contributed by atoms with E-state index in [0.717, 1.165) is 41.4 Å². The number of nitrogen functional groups attached to an aromatic ring is 1. The number of piperidine rings is 1. The first kappa shape index (κ1) is 17.7. The average Bonchev–Trinajstić information content (AvgIpc) is 3.25. The van der Waals surface area contributed by atoms with Crippen molar-refractivity contribution in [2.75, 3.05) is 12.3 Å². The Morgan fingerprint density at radius 2 is 1.90 bits per heavy atom. The van der Waals surface area contributed by atoms with Gasteiger partial charge in [-0.25, -0.2) is 9.37 Å². The highest BCUT2D eigenvalue weighted by Gasteiger charge is 2.29. The quantitative estimate of drug-likeness (QED) is 0.547. The van der Waals surface area contributed by atoms with Crippen LogP contribution in [0.1, 0.15) is 41.2 Å². The summed E-state index contributed by atoms with van der Waals surface area (Å²) in [5.41, 5.74) is 10.1. The molecule has 2 aromatic carbocycles. The molecule has 2 aromatic heterocycles. The molecular weight excluding hydrogens is 367 g/mol. The van der Waals surface area contributed by atoms with Crippen LogP contribution in [0.2, 0.25) is 0 Å². The van der Waals surface area contributed by atoms with Crippen molar-refractivity contribution in [3.05, 3.63) is 77.7 Å². The predicted octanol–water partition coefficient (Wildman–Crippen LogP) is 4.58. The molecule has 1 aliphatic heterocycles. The number of carbonyl (C=O) groups excluding carboxylic acids is 1. The van der Waals surface area contributed by atoms with E-state index in [0.29, 0.717) is 17.9 Å². The second-order valence-electron chi connectivity index (χ2n) is 7.53. The summed E-state index contributed by atoms with van der Waals surface area (Å²) in [6.07, 6.45) is 4.82. The van der Waals surface area contributed by atoms with Gasteiger partial charge >= 0.3 is 0 Å². The van der Waals surface area contributed by atoms with E-state index < -0.39 is 0 Å². The van der Waals surface area contributed by atoms with Gasteiger partial charge in [0.1, 0.15) is 11.6 Å². The lowest BCUT2D eigenvalue weighted by molar-refractivity contribution is 0.0611. The highest BCUT2D eigenvalue weighted by atomic mass is 19.1. The minimum absolute atomic E-state index is 0.0157. The summed E-state index contributed by atoms with van der Waals surface area (Å²) in [6.45, 7) is 0.692. The number of nitrogens with zero attached hydrogens (tertiary/aromatic N) is 3. The Morgan fingerprint density at radius 1 is 1.07 bits per heavy atom. The molecule has 3 heterocycles. The topological polar surface area (TPSA) is 63.6 Å². The summed E-state index contributed by atoms with van der Waals surface area (Å²) >= 11 is 0. The Balaban J connectivity index is 1.55. The molecule has 1 atom stereocenters. The Labute approximate surface area is 167 Å². The van der Waals surface area contributed by atoms with Crippen LogP contribution in [0.4, 0.5) is 10.2 Å². The van der Waals surface area contributed by atoms with Gasteiger partial charge in [0.25, 0.3) is 5.91 Å². The van der Waals surface area contributed by atoms with E-state index >= 15 is 0 Å². The third-order valence-electron chi connectivity index (χ3n) is 5.75. The molecule has 1 aliphatic rings. The van der Waals surface area contributed by atoms with Crippen molar-refractivity contribution in [2.24, 2.45) is 0 Å². The van der Waals surface area contributed by atoms with E-state index in [-0.39, 0.29) is 17.8 Å². The van der Waals surface area contributed by atoms with Crippen LogP contribution in [0.25, 0.3) is 16.6 Å². The third kappa shape index (κ3) is 3.01. The first-order valence-corrected chi connectivity index (χ1v) is 9.84. The van der Waals surface area contributed by atoms with Crippen molar-refractivity contribution in [2.45, 2.75) is 25.3 Å². The Morgan fingerprint density at radius 3 is 2.72 bits per heavy atom. The van der Waals surface area contributed by atoms with Crippen LogP contribution in [-0.4, -0.2) is 26.7 Å². The number of carbonyl (C=O) groups is 1. The second kappa shape index (κ2) is 6.88. The summed E-state index contributed by atoms with van der Waals surface area (Å²) in [7, 11) is 0. The van der Waals surface area contributed by atoms with E-state index in [4.69, 9.17) is 5.73 Å². The molecule has 0 aliphatic carbocycles. The van der Waals surface area contributed by atoms with Crippen molar-refractivity contribution in [3.63, 3.8) is 0 Å². The maximum absolute atomic E-state index is 13.4. The number of rotatable bonds is 2. The molecule has 4 aromatic rings. The van der Waals surface area contributed by atoms with E-state index in [2.05, 4.69) is 4.98 Å². The lowest BCUT2D eigenvalue weighted by atomic mass is 9.94. The van der Waals surface area contributed by atoms with Gasteiger partial charge in [-0.2, -0.15) is 0 Å². The number of fused-ring (bicyclic) bond motifs is 3. The van der Waals surface area contributed by atoms with Gasteiger partial charge in [-0.1, -0.05) is 12.1 Å². The molecule has 1 fully saturated rings. The van der Waals surface area contributed by atoms with Crippen molar-refractivity contribution in [1.82, 2.24) is 14.3 Å². The second-order valence-corrected chi connectivity index (χ2v) is 7.53. The van der Waals surface area contributed by atoms with Crippen LogP contribution in [-0.2, 0) is 0 Å². The van der Waals surface area contributed by atoms with Crippen LogP contribution < -0.4 is 5.73 Å². The lowest BCUT2D eigenvalue weighted by Crippen LogP contribution is -2.38. The monoisotopic (exact) mass is 388 g/mol. The van der Waals surface area contributed by atoms with Crippen LogP contribution in [0.3, 0.4) is 0 Å². The van der Waals surface area contributed by atoms with Gasteiger partial charge in [0.05, 0.1) is 22.6 Å². The van der Waals surface area contributed by atoms with Gasteiger partial charge in [0.2, 0.25) is 0 Å². The fourth-order valence-electron chi connectivity index (χ4n) is 4.30. The smallest absolute Gasteiger partial charge is 0.254 e. The Bertz CT molecular complexity index is 1210. The maximum atomic E-state index is 13.4. The average molecular weight is 388 g/mol. The van der Waals surface area contributed by atoms with Crippen molar-refractivity contribution in [1.29, 1.82) is 0 Å². The molecule has 1 saturated heterocycles. The number of benzene rings is 2.